The Morgan fingerprint density at radius 2 is 1.91 bits per heavy atom. The predicted molar refractivity (Wildman–Crippen MR) is 90.6 cm³/mol. The van der Waals surface area contributed by atoms with Gasteiger partial charge in [-0.15, -0.1) is 0 Å². The molecule has 0 fully saturated rings. The Hall–Kier alpha value is -2.00. The summed E-state index contributed by atoms with van der Waals surface area (Å²) in [5.74, 6) is 0.523. The number of hydrogen-bond donors (Lipinski definition) is 1. The van der Waals surface area contributed by atoms with Crippen molar-refractivity contribution in [3.05, 3.63) is 59.1 Å². The van der Waals surface area contributed by atoms with Crippen molar-refractivity contribution in [2.75, 3.05) is 5.32 Å². The lowest BCUT2D eigenvalue weighted by molar-refractivity contribution is -0.122. The zero-order valence-corrected chi connectivity index (χ0v) is 13.6. The number of amides is 1. The fourth-order valence-corrected chi connectivity index (χ4v) is 2.27. The van der Waals surface area contributed by atoms with Crippen LogP contribution in [-0.2, 0) is 11.2 Å². The second-order valence-corrected chi connectivity index (χ2v) is 5.45. The Morgan fingerprint density at radius 1 is 1.18 bits per heavy atom. The van der Waals surface area contributed by atoms with E-state index in [4.69, 9.17) is 16.3 Å². The molecule has 2 aromatic carbocycles. The first-order valence-corrected chi connectivity index (χ1v) is 7.82. The number of halogens is 1. The fraction of sp³-hybridized carbons (Fsp3) is 0.278. The molecule has 0 aromatic heterocycles. The number of anilines is 1. The molecule has 1 atom stereocenters. The third-order valence-corrected chi connectivity index (χ3v) is 3.60. The first kappa shape index (κ1) is 16.4. The Balaban J connectivity index is 2.02. The zero-order valence-electron chi connectivity index (χ0n) is 12.8. The summed E-state index contributed by atoms with van der Waals surface area (Å²) >= 11 is 5.92. The van der Waals surface area contributed by atoms with Crippen LogP contribution in [0.2, 0.25) is 5.02 Å². The third kappa shape index (κ3) is 4.50. The van der Waals surface area contributed by atoms with Crippen molar-refractivity contribution in [1.29, 1.82) is 0 Å². The van der Waals surface area contributed by atoms with Crippen molar-refractivity contribution in [1.82, 2.24) is 0 Å². The van der Waals surface area contributed by atoms with Gasteiger partial charge in [-0.2, -0.15) is 0 Å². The molecule has 4 heteroatoms. The van der Waals surface area contributed by atoms with Gasteiger partial charge in [-0.3, -0.25) is 4.79 Å². The topological polar surface area (TPSA) is 38.3 Å². The van der Waals surface area contributed by atoms with E-state index in [0.29, 0.717) is 22.9 Å². The van der Waals surface area contributed by atoms with Gasteiger partial charge < -0.3 is 10.1 Å². The van der Waals surface area contributed by atoms with Gasteiger partial charge in [-0.1, -0.05) is 43.6 Å². The molecule has 3 nitrogen and oxygen atoms in total. The number of benzene rings is 2. The van der Waals surface area contributed by atoms with Crippen molar-refractivity contribution >= 4 is 23.2 Å². The van der Waals surface area contributed by atoms with Gasteiger partial charge in [-0.25, -0.2) is 0 Å². The summed E-state index contributed by atoms with van der Waals surface area (Å²) in [6.07, 6.45) is 1.03. The van der Waals surface area contributed by atoms with Gasteiger partial charge in [-0.05, 0) is 48.7 Å². The average molecular weight is 318 g/mol. The summed E-state index contributed by atoms with van der Waals surface area (Å²) in [6, 6.07) is 14.9. The molecule has 0 bridgehead atoms. The van der Waals surface area contributed by atoms with Crippen molar-refractivity contribution in [3.63, 3.8) is 0 Å². The van der Waals surface area contributed by atoms with E-state index < -0.39 is 6.10 Å². The van der Waals surface area contributed by atoms with E-state index in [9.17, 15) is 4.79 Å². The van der Waals surface area contributed by atoms with E-state index in [1.807, 2.05) is 31.2 Å². The van der Waals surface area contributed by atoms with Crippen molar-refractivity contribution in [2.45, 2.75) is 32.8 Å². The molecule has 0 aliphatic carbocycles. The van der Waals surface area contributed by atoms with Gasteiger partial charge in [0.05, 0.1) is 0 Å². The SMILES string of the molecule is CCc1ccc(OC(CC)C(=O)Nc2cccc(Cl)c2)cc1. The number of carbonyl (C=O) groups excluding carboxylic acids is 1. The summed E-state index contributed by atoms with van der Waals surface area (Å²) in [6.45, 7) is 4.02. The van der Waals surface area contributed by atoms with Gasteiger partial charge in [0, 0.05) is 10.7 Å². The summed E-state index contributed by atoms with van der Waals surface area (Å²) < 4.78 is 5.78. The van der Waals surface area contributed by atoms with Crippen molar-refractivity contribution < 1.29 is 9.53 Å². The van der Waals surface area contributed by atoms with E-state index in [-0.39, 0.29) is 5.91 Å². The van der Waals surface area contributed by atoms with Crippen LogP contribution >= 0.6 is 11.6 Å². The smallest absolute Gasteiger partial charge is 0.265 e. The molecule has 0 saturated heterocycles. The largest absolute Gasteiger partial charge is 0.481 e. The van der Waals surface area contributed by atoms with Crippen LogP contribution in [0.15, 0.2) is 48.5 Å². The Kier molecular flexibility index (Phi) is 5.84. The molecule has 0 heterocycles. The molecular weight excluding hydrogens is 298 g/mol. The minimum atomic E-state index is -0.536. The van der Waals surface area contributed by atoms with Crippen molar-refractivity contribution in [3.8, 4) is 5.75 Å². The standard InChI is InChI=1S/C18H20ClNO2/c1-3-13-8-10-16(11-9-13)22-17(4-2)18(21)20-15-7-5-6-14(19)12-15/h5-12,17H,3-4H2,1-2H3,(H,20,21). The van der Waals surface area contributed by atoms with Crippen LogP contribution in [0.4, 0.5) is 5.69 Å². The molecule has 0 aliphatic heterocycles. The molecule has 2 rings (SSSR count). The molecule has 1 N–H and O–H groups in total. The van der Waals surface area contributed by atoms with Crippen LogP contribution in [0.1, 0.15) is 25.8 Å². The minimum Gasteiger partial charge on any atom is -0.481 e. The lowest BCUT2D eigenvalue weighted by Crippen LogP contribution is -2.32. The summed E-state index contributed by atoms with van der Waals surface area (Å²) in [5.41, 5.74) is 1.91. The predicted octanol–water partition coefficient (Wildman–Crippen LogP) is 4.70. The summed E-state index contributed by atoms with van der Waals surface area (Å²) in [7, 11) is 0. The number of carbonyl (C=O) groups is 1. The average Bonchev–Trinajstić information content (AvgIpc) is 2.53. The molecule has 22 heavy (non-hydrogen) atoms. The highest BCUT2D eigenvalue weighted by molar-refractivity contribution is 6.30. The molecule has 0 spiro atoms. The van der Waals surface area contributed by atoms with E-state index in [0.717, 1.165) is 6.42 Å². The number of ether oxygens (including phenoxy) is 1. The quantitative estimate of drug-likeness (QED) is 0.838. The van der Waals surface area contributed by atoms with Crippen LogP contribution in [0.5, 0.6) is 5.75 Å². The van der Waals surface area contributed by atoms with Gasteiger partial charge in [0.25, 0.3) is 5.91 Å². The molecule has 0 aliphatic rings. The van der Waals surface area contributed by atoms with Crippen LogP contribution in [0.25, 0.3) is 0 Å². The van der Waals surface area contributed by atoms with Gasteiger partial charge in [0.1, 0.15) is 5.75 Å². The first-order chi connectivity index (χ1) is 10.6. The maximum absolute atomic E-state index is 12.3. The number of aryl methyl sites for hydroxylation is 1. The van der Waals surface area contributed by atoms with Crippen molar-refractivity contribution in [2.24, 2.45) is 0 Å². The maximum atomic E-state index is 12.3. The Morgan fingerprint density at radius 3 is 2.50 bits per heavy atom. The Labute approximate surface area is 136 Å². The highest BCUT2D eigenvalue weighted by Crippen LogP contribution is 2.18. The molecule has 2 aromatic rings. The number of hydrogen-bond acceptors (Lipinski definition) is 2. The van der Waals surface area contributed by atoms with Crippen LogP contribution in [0.3, 0.4) is 0 Å². The first-order valence-electron chi connectivity index (χ1n) is 7.44. The number of nitrogens with one attached hydrogen (secondary N) is 1. The van der Waals surface area contributed by atoms with E-state index in [2.05, 4.69) is 12.2 Å². The Bertz CT molecular complexity index is 625. The normalized spacial score (nSPS) is 11.8. The molecule has 1 unspecified atom stereocenters. The van der Waals surface area contributed by atoms with Gasteiger partial charge in [0.15, 0.2) is 6.10 Å². The molecule has 1 amide bonds. The van der Waals surface area contributed by atoms with E-state index in [1.54, 1.807) is 24.3 Å². The lowest BCUT2D eigenvalue weighted by atomic mass is 10.1. The fourth-order valence-electron chi connectivity index (χ4n) is 2.08. The van der Waals surface area contributed by atoms with Gasteiger partial charge in [0.2, 0.25) is 0 Å². The maximum Gasteiger partial charge on any atom is 0.265 e. The van der Waals surface area contributed by atoms with Crippen LogP contribution < -0.4 is 10.1 Å². The number of rotatable bonds is 6. The molecule has 0 saturated carbocycles. The third-order valence-electron chi connectivity index (χ3n) is 3.37. The van der Waals surface area contributed by atoms with E-state index >= 15 is 0 Å². The lowest BCUT2D eigenvalue weighted by Gasteiger charge is -2.17. The highest BCUT2D eigenvalue weighted by atomic mass is 35.5. The van der Waals surface area contributed by atoms with Crippen LogP contribution in [0, 0.1) is 0 Å². The summed E-state index contributed by atoms with van der Waals surface area (Å²) in [5, 5.41) is 3.41. The van der Waals surface area contributed by atoms with E-state index in [1.165, 1.54) is 5.56 Å². The molecule has 116 valence electrons. The summed E-state index contributed by atoms with van der Waals surface area (Å²) in [4.78, 5) is 12.3. The highest BCUT2D eigenvalue weighted by Gasteiger charge is 2.18. The second-order valence-electron chi connectivity index (χ2n) is 5.01. The molecular formula is C18H20ClNO2. The second kappa shape index (κ2) is 7.85. The van der Waals surface area contributed by atoms with Crippen LogP contribution in [-0.4, -0.2) is 12.0 Å². The zero-order chi connectivity index (χ0) is 15.9. The molecule has 0 radical (unpaired) electrons. The van der Waals surface area contributed by atoms with Gasteiger partial charge >= 0.3 is 0 Å². The monoisotopic (exact) mass is 317 g/mol. The minimum absolute atomic E-state index is 0.177.